The van der Waals surface area contributed by atoms with Gasteiger partial charge in [-0.15, -0.1) is 0 Å². The van der Waals surface area contributed by atoms with Crippen LogP contribution in [0.15, 0.2) is 53.3 Å². The number of hydrogen-bond donors (Lipinski definition) is 2. The van der Waals surface area contributed by atoms with Crippen LogP contribution in [-0.2, 0) is 19.2 Å². The van der Waals surface area contributed by atoms with Crippen molar-refractivity contribution in [2.45, 2.75) is 164 Å². The van der Waals surface area contributed by atoms with Gasteiger partial charge in [0.2, 0.25) is 17.5 Å². The molecule has 0 bridgehead atoms. The van der Waals surface area contributed by atoms with Gasteiger partial charge in [0.25, 0.3) is 0 Å². The Morgan fingerprint density at radius 1 is 0.679 bits per heavy atom. The zero-order chi connectivity index (χ0) is 41.0. The average Bonchev–Trinajstić information content (AvgIpc) is 3.20. The van der Waals surface area contributed by atoms with Gasteiger partial charge in [-0.2, -0.15) is 0 Å². The van der Waals surface area contributed by atoms with Gasteiger partial charge in [-0.05, 0) is 62.3 Å². The molecule has 0 spiro atoms. The van der Waals surface area contributed by atoms with E-state index >= 15 is 0 Å². The summed E-state index contributed by atoms with van der Waals surface area (Å²) >= 11 is 0. The number of anilines is 2. The number of rotatable bonds is 26. The first-order valence-electron chi connectivity index (χ1n) is 22.5. The van der Waals surface area contributed by atoms with Gasteiger partial charge < -0.3 is 15.5 Å². The third-order valence-corrected chi connectivity index (χ3v) is 11.5. The summed E-state index contributed by atoms with van der Waals surface area (Å²) in [5.74, 6) is -2.03. The minimum Gasteiger partial charge on any atom is -0.371 e. The highest BCUT2D eigenvalue weighted by molar-refractivity contribution is 6.43. The first-order chi connectivity index (χ1) is 27.1. The average molecular weight is 772 g/mol. The number of carbonyl (C=O) groups is 4. The maximum Gasteiger partial charge on any atom is 0.227 e. The smallest absolute Gasteiger partial charge is 0.227 e. The maximum absolute atomic E-state index is 14.4. The van der Waals surface area contributed by atoms with E-state index in [1.54, 1.807) is 0 Å². The number of carbonyl (C=O) groups excluding carboxylic acids is 4. The number of ketones is 2. The van der Waals surface area contributed by atoms with Gasteiger partial charge in [0.15, 0.2) is 11.6 Å². The highest BCUT2D eigenvalue weighted by Crippen LogP contribution is 2.42. The first-order valence-corrected chi connectivity index (χ1v) is 22.5. The number of unbranched alkanes of at least 4 members (excludes halogenated alkanes) is 6. The Kier molecular flexibility index (Phi) is 20.6. The van der Waals surface area contributed by atoms with Crippen molar-refractivity contribution in [3.63, 3.8) is 0 Å². The molecule has 2 N–H and O–H groups in total. The summed E-state index contributed by atoms with van der Waals surface area (Å²) in [5.41, 5.74) is 4.16. The van der Waals surface area contributed by atoms with E-state index in [0.717, 1.165) is 134 Å². The van der Waals surface area contributed by atoms with E-state index in [9.17, 15) is 19.2 Å². The molecule has 8 heteroatoms. The molecule has 0 radical (unpaired) electrons. The quantitative estimate of drug-likeness (QED) is 0.0423. The molecule has 310 valence electrons. The molecule has 2 atom stereocenters. The molecule has 2 unspecified atom stereocenters. The van der Waals surface area contributed by atoms with Crippen molar-refractivity contribution >= 4 is 40.5 Å². The summed E-state index contributed by atoms with van der Waals surface area (Å²) < 4.78 is 2.35. The van der Waals surface area contributed by atoms with E-state index in [0.29, 0.717) is 28.9 Å². The van der Waals surface area contributed by atoms with E-state index in [1.807, 2.05) is 50.3 Å². The highest BCUT2D eigenvalue weighted by atomic mass is 16.2. The molecule has 56 heavy (non-hydrogen) atoms. The van der Waals surface area contributed by atoms with Crippen LogP contribution in [-0.4, -0.2) is 59.8 Å². The largest absolute Gasteiger partial charge is 0.371 e. The second kappa shape index (κ2) is 24.7. The standard InChI is InChI=1S/C48H74N4O4/c1-9-17-23-35(15-7)47(55)49-41-33-37(51(29-19-11-3)30-20-12-4)25-27-39(41)43-45(53)44(46(43)54)40-28-26-38(52(31-21-13-5)32-22-14-6)34-42(40)50-48(56)36(16-8)24-18-10-2/h25-28,33-36,43H,9-24,29-32H2,1-8H3,(H,49,55)/p+1. The van der Waals surface area contributed by atoms with Crippen molar-refractivity contribution in [1.82, 2.24) is 5.32 Å². The number of allylic oxidation sites excluding steroid dienone is 4. The van der Waals surface area contributed by atoms with E-state index < -0.39 is 5.92 Å². The third-order valence-electron chi connectivity index (χ3n) is 11.5. The monoisotopic (exact) mass is 772 g/mol. The van der Waals surface area contributed by atoms with E-state index in [-0.39, 0.29) is 40.8 Å². The summed E-state index contributed by atoms with van der Waals surface area (Å²) in [7, 11) is 0. The molecule has 8 nitrogen and oxygen atoms in total. The van der Waals surface area contributed by atoms with Gasteiger partial charge in [0.05, 0.1) is 11.3 Å². The fourth-order valence-corrected chi connectivity index (χ4v) is 7.70. The number of amides is 2. The third kappa shape index (κ3) is 12.6. The lowest BCUT2D eigenvalue weighted by Gasteiger charge is -2.32. The van der Waals surface area contributed by atoms with Gasteiger partial charge in [-0.1, -0.05) is 113 Å². The molecule has 1 aromatic carbocycles. The van der Waals surface area contributed by atoms with Gasteiger partial charge in [-0.25, -0.2) is 4.58 Å². The topological polar surface area (TPSA) is 98.6 Å². The van der Waals surface area contributed by atoms with Gasteiger partial charge in [0, 0.05) is 66.9 Å². The predicted molar refractivity (Wildman–Crippen MR) is 234 cm³/mol. The Morgan fingerprint density at radius 3 is 1.70 bits per heavy atom. The number of benzene rings is 1. The van der Waals surface area contributed by atoms with Crippen LogP contribution in [0.3, 0.4) is 0 Å². The summed E-state index contributed by atoms with van der Waals surface area (Å²) in [4.78, 5) is 58.7. The fourth-order valence-electron chi connectivity index (χ4n) is 7.70. The van der Waals surface area contributed by atoms with E-state index in [1.165, 1.54) is 0 Å². The van der Waals surface area contributed by atoms with Gasteiger partial charge in [-0.3, -0.25) is 19.2 Å². The summed E-state index contributed by atoms with van der Waals surface area (Å²) in [6, 6.07) is 5.86. The highest BCUT2D eigenvalue weighted by Gasteiger charge is 2.48. The molecule has 1 fully saturated rings. The van der Waals surface area contributed by atoms with Crippen molar-refractivity contribution < 1.29 is 23.8 Å². The molecule has 2 aliphatic carbocycles. The minimum absolute atomic E-state index is 0.0683. The van der Waals surface area contributed by atoms with Crippen molar-refractivity contribution in [3.05, 3.63) is 58.8 Å². The van der Waals surface area contributed by atoms with Crippen LogP contribution in [0.5, 0.6) is 0 Å². The molecular weight excluding hydrogens is 697 g/mol. The molecule has 1 saturated carbocycles. The number of Topliss-reactive ketones (excluding diaryl/α,β-unsaturated/α-hetero) is 2. The van der Waals surface area contributed by atoms with Crippen molar-refractivity contribution in [2.75, 3.05) is 36.4 Å². The SMILES string of the molecule is CCCCC(CC)C(=O)NC1=CC(=[N+](CCCC)CCCC)C=CC1=C1C(=O)C(c2ccc(N(CCCC)CCCC)cc2NC(=O)C(CC)CCCC)C1=O. The van der Waals surface area contributed by atoms with Gasteiger partial charge in [0.1, 0.15) is 19.0 Å². The molecule has 0 aromatic heterocycles. The van der Waals surface area contributed by atoms with Crippen LogP contribution in [0.1, 0.15) is 170 Å². The van der Waals surface area contributed by atoms with Crippen LogP contribution >= 0.6 is 0 Å². The lowest BCUT2D eigenvalue weighted by molar-refractivity contribution is -0.527. The normalized spacial score (nSPS) is 16.4. The second-order valence-corrected chi connectivity index (χ2v) is 15.9. The van der Waals surface area contributed by atoms with Crippen molar-refractivity contribution in [1.29, 1.82) is 0 Å². The van der Waals surface area contributed by atoms with Crippen molar-refractivity contribution in [2.24, 2.45) is 11.8 Å². The second-order valence-electron chi connectivity index (χ2n) is 15.9. The van der Waals surface area contributed by atoms with Crippen molar-refractivity contribution in [3.8, 4) is 0 Å². The Morgan fingerprint density at radius 2 is 1.20 bits per heavy atom. The van der Waals surface area contributed by atoms with Crippen LogP contribution in [0, 0.1) is 11.8 Å². The van der Waals surface area contributed by atoms with Crippen LogP contribution in [0.4, 0.5) is 11.4 Å². The summed E-state index contributed by atoms with van der Waals surface area (Å²) in [6.07, 6.45) is 21.2. The zero-order valence-electron chi connectivity index (χ0n) is 36.4. The van der Waals surface area contributed by atoms with E-state index in [2.05, 4.69) is 61.7 Å². The Hall–Kier alpha value is -3.81. The molecule has 0 saturated heterocycles. The molecule has 0 aliphatic heterocycles. The van der Waals surface area contributed by atoms with Crippen LogP contribution in [0.25, 0.3) is 0 Å². The first kappa shape index (κ1) is 46.6. The lowest BCUT2D eigenvalue weighted by Crippen LogP contribution is -2.42. The van der Waals surface area contributed by atoms with Crippen LogP contribution < -0.4 is 15.5 Å². The fraction of sp³-hybridized carbons (Fsp3) is 0.646. The molecule has 3 rings (SSSR count). The number of hydrogen-bond acceptors (Lipinski definition) is 5. The lowest BCUT2D eigenvalue weighted by atomic mass is 9.69. The number of nitrogens with zero attached hydrogens (tertiary/aromatic N) is 2. The maximum atomic E-state index is 14.4. The summed E-state index contributed by atoms with van der Waals surface area (Å²) in [6.45, 7) is 20.6. The molecular formula is C48H75N4O4+. The van der Waals surface area contributed by atoms with Gasteiger partial charge >= 0.3 is 0 Å². The molecule has 1 aromatic rings. The zero-order valence-corrected chi connectivity index (χ0v) is 36.4. The number of nitrogens with one attached hydrogen (secondary N) is 2. The molecule has 2 aliphatic rings. The Bertz CT molecular complexity index is 1570. The molecule has 0 heterocycles. The Labute approximate surface area is 339 Å². The van der Waals surface area contributed by atoms with E-state index in [4.69, 9.17) is 0 Å². The minimum atomic E-state index is -1.02. The Balaban J connectivity index is 2.13. The summed E-state index contributed by atoms with van der Waals surface area (Å²) in [5, 5.41) is 6.40. The predicted octanol–water partition coefficient (Wildman–Crippen LogP) is 10.6. The molecule has 2 amide bonds. The van der Waals surface area contributed by atoms with Crippen LogP contribution in [0.2, 0.25) is 0 Å².